The van der Waals surface area contributed by atoms with E-state index in [0.717, 1.165) is 5.56 Å². The van der Waals surface area contributed by atoms with E-state index < -0.39 is 0 Å². The van der Waals surface area contributed by atoms with Gasteiger partial charge in [-0.25, -0.2) is 4.39 Å². The van der Waals surface area contributed by atoms with Gasteiger partial charge in [-0.15, -0.1) is 0 Å². The summed E-state index contributed by atoms with van der Waals surface area (Å²) < 4.78 is 12.8. The summed E-state index contributed by atoms with van der Waals surface area (Å²) in [5.41, 5.74) is 7.52. The highest BCUT2D eigenvalue weighted by Gasteiger charge is 2.18. The molecule has 0 atom stereocenters. The average molecular weight is 179 g/mol. The first-order valence-electron chi connectivity index (χ1n) is 4.82. The van der Waals surface area contributed by atoms with Crippen molar-refractivity contribution >= 4 is 5.69 Å². The van der Waals surface area contributed by atoms with Crippen molar-refractivity contribution in [2.24, 2.45) is 0 Å². The van der Waals surface area contributed by atoms with Gasteiger partial charge in [-0.2, -0.15) is 0 Å². The molecule has 0 aliphatic heterocycles. The standard InChI is InChI=1S/C11H14FN/c12-9-5-6-10(11(13)7-9)8-3-1-2-4-8/h5-8H,1-4,13H2. The Morgan fingerprint density at radius 2 is 1.92 bits per heavy atom. The molecule has 1 nitrogen and oxygen atoms in total. The Morgan fingerprint density at radius 3 is 2.54 bits per heavy atom. The SMILES string of the molecule is Nc1cc(F)ccc1C1CCCC1. The van der Waals surface area contributed by atoms with Crippen molar-refractivity contribution in [2.45, 2.75) is 31.6 Å². The monoisotopic (exact) mass is 179 g/mol. The van der Waals surface area contributed by atoms with Crippen LogP contribution >= 0.6 is 0 Å². The predicted molar refractivity (Wildman–Crippen MR) is 52.0 cm³/mol. The molecule has 2 rings (SSSR count). The second-order valence-corrected chi connectivity index (χ2v) is 3.75. The van der Waals surface area contributed by atoms with Gasteiger partial charge < -0.3 is 5.73 Å². The zero-order chi connectivity index (χ0) is 9.26. The Morgan fingerprint density at radius 1 is 1.23 bits per heavy atom. The van der Waals surface area contributed by atoms with E-state index in [9.17, 15) is 4.39 Å². The normalized spacial score (nSPS) is 17.9. The number of nitrogen functional groups attached to an aromatic ring is 1. The van der Waals surface area contributed by atoms with Crippen LogP contribution in [-0.2, 0) is 0 Å². The van der Waals surface area contributed by atoms with Crippen molar-refractivity contribution in [1.29, 1.82) is 0 Å². The van der Waals surface area contributed by atoms with Crippen LogP contribution in [0.4, 0.5) is 10.1 Å². The van der Waals surface area contributed by atoms with E-state index in [1.54, 1.807) is 0 Å². The fraction of sp³-hybridized carbons (Fsp3) is 0.455. The number of nitrogens with two attached hydrogens (primary N) is 1. The third-order valence-corrected chi connectivity index (χ3v) is 2.84. The van der Waals surface area contributed by atoms with Crippen molar-refractivity contribution in [1.82, 2.24) is 0 Å². The fourth-order valence-corrected chi connectivity index (χ4v) is 2.15. The maximum Gasteiger partial charge on any atom is 0.125 e. The van der Waals surface area contributed by atoms with Gasteiger partial charge in [0, 0.05) is 5.69 Å². The molecule has 70 valence electrons. The van der Waals surface area contributed by atoms with Gasteiger partial charge >= 0.3 is 0 Å². The molecule has 0 bridgehead atoms. The molecular formula is C11H14FN. The molecule has 13 heavy (non-hydrogen) atoms. The minimum Gasteiger partial charge on any atom is -0.398 e. The van der Waals surface area contributed by atoms with Crippen molar-refractivity contribution in [3.63, 3.8) is 0 Å². The van der Waals surface area contributed by atoms with Crippen LogP contribution in [0.3, 0.4) is 0 Å². The lowest BCUT2D eigenvalue weighted by atomic mass is 9.96. The number of rotatable bonds is 1. The fourth-order valence-electron chi connectivity index (χ4n) is 2.15. The van der Waals surface area contributed by atoms with Crippen LogP contribution in [0.25, 0.3) is 0 Å². The molecule has 0 spiro atoms. The van der Waals surface area contributed by atoms with Crippen molar-refractivity contribution in [3.05, 3.63) is 29.6 Å². The molecule has 1 aliphatic carbocycles. The summed E-state index contributed by atoms with van der Waals surface area (Å²) in [6.45, 7) is 0. The highest BCUT2D eigenvalue weighted by molar-refractivity contribution is 5.49. The van der Waals surface area contributed by atoms with Gasteiger partial charge in [0.15, 0.2) is 0 Å². The quantitative estimate of drug-likeness (QED) is 0.659. The molecule has 0 saturated heterocycles. The summed E-state index contributed by atoms with van der Waals surface area (Å²) in [6.07, 6.45) is 4.97. The first-order valence-corrected chi connectivity index (χ1v) is 4.82. The third-order valence-electron chi connectivity index (χ3n) is 2.84. The molecule has 0 amide bonds. The summed E-state index contributed by atoms with van der Waals surface area (Å²) in [5.74, 6) is 0.333. The summed E-state index contributed by atoms with van der Waals surface area (Å²) >= 11 is 0. The van der Waals surface area contributed by atoms with E-state index in [-0.39, 0.29) is 5.82 Å². The van der Waals surface area contributed by atoms with E-state index in [4.69, 9.17) is 5.73 Å². The molecule has 0 unspecified atom stereocenters. The molecule has 1 aromatic rings. The van der Waals surface area contributed by atoms with Gasteiger partial charge in [0.05, 0.1) is 0 Å². The summed E-state index contributed by atoms with van der Waals surface area (Å²) in [4.78, 5) is 0. The molecule has 0 heterocycles. The zero-order valence-electron chi connectivity index (χ0n) is 7.59. The molecule has 1 aromatic carbocycles. The first-order chi connectivity index (χ1) is 6.27. The highest BCUT2D eigenvalue weighted by atomic mass is 19.1. The molecule has 0 aromatic heterocycles. The van der Waals surface area contributed by atoms with Gasteiger partial charge in [-0.05, 0) is 36.5 Å². The second-order valence-electron chi connectivity index (χ2n) is 3.75. The molecule has 2 N–H and O–H groups in total. The Hall–Kier alpha value is -1.05. The zero-order valence-corrected chi connectivity index (χ0v) is 7.59. The number of benzene rings is 1. The minimum absolute atomic E-state index is 0.237. The van der Waals surface area contributed by atoms with Gasteiger partial charge in [-0.3, -0.25) is 0 Å². The van der Waals surface area contributed by atoms with E-state index in [0.29, 0.717) is 11.6 Å². The molecule has 1 aliphatic rings. The van der Waals surface area contributed by atoms with Crippen molar-refractivity contribution in [2.75, 3.05) is 5.73 Å². The van der Waals surface area contributed by atoms with Crippen LogP contribution in [0.1, 0.15) is 37.2 Å². The Balaban J connectivity index is 2.29. The Bertz CT molecular complexity index is 303. The topological polar surface area (TPSA) is 26.0 Å². The molecule has 2 heteroatoms. The van der Waals surface area contributed by atoms with Gasteiger partial charge in [0.1, 0.15) is 5.82 Å². The van der Waals surface area contributed by atoms with E-state index >= 15 is 0 Å². The van der Waals surface area contributed by atoms with Crippen LogP contribution in [0.5, 0.6) is 0 Å². The summed E-state index contributed by atoms with van der Waals surface area (Å²) in [6, 6.07) is 4.76. The second kappa shape index (κ2) is 3.36. The smallest absolute Gasteiger partial charge is 0.125 e. The van der Waals surface area contributed by atoms with E-state index in [1.807, 2.05) is 6.07 Å². The van der Waals surface area contributed by atoms with Crippen LogP contribution in [0, 0.1) is 5.82 Å². The maximum absolute atomic E-state index is 12.8. The van der Waals surface area contributed by atoms with E-state index in [2.05, 4.69) is 0 Å². The van der Waals surface area contributed by atoms with Gasteiger partial charge in [0.2, 0.25) is 0 Å². The van der Waals surface area contributed by atoms with Crippen molar-refractivity contribution < 1.29 is 4.39 Å². The lowest BCUT2D eigenvalue weighted by Crippen LogP contribution is -1.99. The largest absolute Gasteiger partial charge is 0.398 e. The maximum atomic E-state index is 12.8. The molecule has 0 radical (unpaired) electrons. The molecular weight excluding hydrogens is 165 g/mol. The van der Waals surface area contributed by atoms with Crippen LogP contribution in [0.2, 0.25) is 0 Å². The predicted octanol–water partition coefficient (Wildman–Crippen LogP) is 3.07. The van der Waals surface area contributed by atoms with Gasteiger partial charge in [-0.1, -0.05) is 18.9 Å². The van der Waals surface area contributed by atoms with E-state index in [1.165, 1.54) is 37.8 Å². The lowest BCUT2D eigenvalue weighted by Gasteiger charge is -2.11. The van der Waals surface area contributed by atoms with Gasteiger partial charge in [0.25, 0.3) is 0 Å². The van der Waals surface area contributed by atoms with Crippen LogP contribution < -0.4 is 5.73 Å². The Kier molecular flexibility index (Phi) is 2.21. The molecule has 1 fully saturated rings. The number of hydrogen-bond donors (Lipinski definition) is 1. The number of hydrogen-bond acceptors (Lipinski definition) is 1. The lowest BCUT2D eigenvalue weighted by molar-refractivity contribution is 0.625. The van der Waals surface area contributed by atoms with Crippen molar-refractivity contribution in [3.8, 4) is 0 Å². The first kappa shape index (κ1) is 8.54. The molecule has 1 saturated carbocycles. The van der Waals surface area contributed by atoms with Crippen LogP contribution in [0.15, 0.2) is 18.2 Å². The minimum atomic E-state index is -0.237. The highest BCUT2D eigenvalue weighted by Crippen LogP contribution is 2.36. The summed E-state index contributed by atoms with van der Waals surface area (Å²) in [7, 11) is 0. The number of halogens is 1. The third kappa shape index (κ3) is 1.67. The Labute approximate surface area is 77.8 Å². The van der Waals surface area contributed by atoms with Crippen LogP contribution in [-0.4, -0.2) is 0 Å². The summed E-state index contributed by atoms with van der Waals surface area (Å²) in [5, 5.41) is 0. The average Bonchev–Trinajstić information content (AvgIpc) is 2.56. The number of anilines is 1.